The summed E-state index contributed by atoms with van der Waals surface area (Å²) in [4.78, 5) is 25.7. The van der Waals surface area contributed by atoms with Crippen LogP contribution >= 0.6 is 0 Å². The fourth-order valence-corrected chi connectivity index (χ4v) is 3.49. The van der Waals surface area contributed by atoms with Gasteiger partial charge in [0.05, 0.1) is 6.54 Å². The van der Waals surface area contributed by atoms with Gasteiger partial charge in [0.25, 0.3) is 5.91 Å². The summed E-state index contributed by atoms with van der Waals surface area (Å²) in [6.07, 6.45) is 3.72. The molecule has 0 aliphatic heterocycles. The van der Waals surface area contributed by atoms with Gasteiger partial charge in [0.2, 0.25) is 5.91 Å². The highest BCUT2D eigenvalue weighted by molar-refractivity contribution is 5.97. The van der Waals surface area contributed by atoms with Gasteiger partial charge >= 0.3 is 0 Å². The highest BCUT2D eigenvalue weighted by Crippen LogP contribution is 2.28. The molecule has 24 heavy (non-hydrogen) atoms. The molecule has 1 aromatic rings. The molecule has 1 aliphatic rings. The van der Waals surface area contributed by atoms with Crippen LogP contribution in [0, 0.1) is 11.8 Å². The van der Waals surface area contributed by atoms with E-state index in [9.17, 15) is 9.59 Å². The Morgan fingerprint density at radius 1 is 1.17 bits per heavy atom. The average Bonchev–Trinajstić information content (AvgIpc) is 2.53. The van der Waals surface area contributed by atoms with Gasteiger partial charge in [-0.2, -0.15) is 0 Å². The smallest absolute Gasteiger partial charge is 0.253 e. The molecule has 2 rings (SSSR count). The van der Waals surface area contributed by atoms with E-state index in [2.05, 4.69) is 24.5 Å². The van der Waals surface area contributed by atoms with Crippen LogP contribution in [0.25, 0.3) is 0 Å². The summed E-state index contributed by atoms with van der Waals surface area (Å²) in [5.74, 6) is 1.05. The summed E-state index contributed by atoms with van der Waals surface area (Å²) in [5.41, 5.74) is 1.22. The number of nitrogens with zero attached hydrogens (tertiary/aromatic N) is 1. The van der Waals surface area contributed by atoms with E-state index in [-0.39, 0.29) is 11.8 Å². The van der Waals surface area contributed by atoms with Crippen LogP contribution in [0.1, 0.15) is 43.5 Å². The molecule has 0 radical (unpaired) electrons. The number of hydrogen-bond donors (Lipinski definition) is 2. The van der Waals surface area contributed by atoms with Crippen molar-refractivity contribution in [3.05, 3.63) is 29.8 Å². The third kappa shape index (κ3) is 4.81. The van der Waals surface area contributed by atoms with Gasteiger partial charge in [-0.3, -0.25) is 9.59 Å². The van der Waals surface area contributed by atoms with E-state index in [0.29, 0.717) is 35.7 Å². The predicted octanol–water partition coefficient (Wildman–Crippen LogP) is 2.74. The zero-order chi connectivity index (χ0) is 17.7. The van der Waals surface area contributed by atoms with Crippen LogP contribution in [0.4, 0.5) is 5.69 Å². The molecule has 2 N–H and O–H groups in total. The summed E-state index contributed by atoms with van der Waals surface area (Å²) in [5, 5.41) is 6.28. The van der Waals surface area contributed by atoms with Crippen LogP contribution in [0.5, 0.6) is 0 Å². The number of rotatable bonds is 5. The van der Waals surface area contributed by atoms with Gasteiger partial charge in [-0.25, -0.2) is 0 Å². The van der Waals surface area contributed by atoms with Crippen molar-refractivity contribution in [2.24, 2.45) is 11.8 Å². The number of carbonyl (C=O) groups is 2. The molecule has 1 aliphatic carbocycles. The standard InChI is InChI=1S/C19H29N3O2/c1-13-7-5-8-14(2)18(13)20-12-17(23)21-16-10-6-9-15(11-16)19(24)22(3)4/h6,9-11,13-14,18,20H,5,7-8,12H2,1-4H3,(H,21,23). The first-order valence-corrected chi connectivity index (χ1v) is 8.73. The van der Waals surface area contributed by atoms with E-state index in [4.69, 9.17) is 0 Å². The Hall–Kier alpha value is -1.88. The first-order valence-electron chi connectivity index (χ1n) is 8.73. The monoisotopic (exact) mass is 331 g/mol. The molecule has 0 heterocycles. The fraction of sp³-hybridized carbons (Fsp3) is 0.579. The maximum atomic E-state index is 12.2. The molecule has 132 valence electrons. The van der Waals surface area contributed by atoms with E-state index >= 15 is 0 Å². The van der Waals surface area contributed by atoms with Crippen LogP contribution < -0.4 is 10.6 Å². The number of amides is 2. The zero-order valence-corrected chi connectivity index (χ0v) is 15.1. The summed E-state index contributed by atoms with van der Waals surface area (Å²) >= 11 is 0. The molecule has 1 aromatic carbocycles. The predicted molar refractivity (Wildman–Crippen MR) is 97.1 cm³/mol. The van der Waals surface area contributed by atoms with Crippen molar-refractivity contribution in [3.8, 4) is 0 Å². The minimum Gasteiger partial charge on any atom is -0.345 e. The summed E-state index contributed by atoms with van der Waals surface area (Å²) < 4.78 is 0. The highest BCUT2D eigenvalue weighted by atomic mass is 16.2. The molecule has 0 aromatic heterocycles. The SMILES string of the molecule is CC1CCCC(C)C1NCC(=O)Nc1cccc(C(=O)N(C)C)c1. The number of benzene rings is 1. The summed E-state index contributed by atoms with van der Waals surface area (Å²) in [7, 11) is 3.42. The second-order valence-corrected chi connectivity index (χ2v) is 7.12. The number of carbonyl (C=O) groups excluding carboxylic acids is 2. The third-order valence-corrected chi connectivity index (χ3v) is 4.84. The van der Waals surface area contributed by atoms with Gasteiger partial charge in [-0.05, 0) is 42.9 Å². The molecule has 2 atom stereocenters. The van der Waals surface area contributed by atoms with Gasteiger partial charge in [0.1, 0.15) is 0 Å². The first kappa shape index (κ1) is 18.5. The van der Waals surface area contributed by atoms with Gasteiger partial charge < -0.3 is 15.5 Å². The van der Waals surface area contributed by atoms with Crippen molar-refractivity contribution in [1.29, 1.82) is 0 Å². The minimum absolute atomic E-state index is 0.0746. The fourth-order valence-electron chi connectivity index (χ4n) is 3.49. The number of nitrogens with one attached hydrogen (secondary N) is 2. The Balaban J connectivity index is 1.90. The number of anilines is 1. The van der Waals surface area contributed by atoms with E-state index in [1.165, 1.54) is 24.2 Å². The molecule has 0 spiro atoms. The Bertz CT molecular complexity index is 576. The quantitative estimate of drug-likeness (QED) is 0.872. The van der Waals surface area contributed by atoms with Crippen molar-refractivity contribution in [3.63, 3.8) is 0 Å². The molecule has 1 fully saturated rings. The lowest BCUT2D eigenvalue weighted by molar-refractivity contribution is -0.115. The van der Waals surface area contributed by atoms with Crippen LogP contribution in [0.15, 0.2) is 24.3 Å². The lowest BCUT2D eigenvalue weighted by Gasteiger charge is -2.35. The second kappa shape index (κ2) is 8.29. The van der Waals surface area contributed by atoms with E-state index in [0.717, 1.165) is 0 Å². The molecule has 2 unspecified atom stereocenters. The average molecular weight is 331 g/mol. The van der Waals surface area contributed by atoms with Crippen LogP contribution in [0.2, 0.25) is 0 Å². The lowest BCUT2D eigenvalue weighted by atomic mass is 9.79. The molecular formula is C19H29N3O2. The Morgan fingerprint density at radius 3 is 2.46 bits per heavy atom. The molecule has 2 amide bonds. The van der Waals surface area contributed by atoms with Crippen LogP contribution in [-0.4, -0.2) is 43.4 Å². The van der Waals surface area contributed by atoms with Crippen molar-refractivity contribution >= 4 is 17.5 Å². The third-order valence-electron chi connectivity index (χ3n) is 4.84. The maximum Gasteiger partial charge on any atom is 0.253 e. The van der Waals surface area contributed by atoms with Crippen LogP contribution in [-0.2, 0) is 4.79 Å². The van der Waals surface area contributed by atoms with E-state index < -0.39 is 0 Å². The zero-order valence-electron chi connectivity index (χ0n) is 15.1. The van der Waals surface area contributed by atoms with Crippen LogP contribution in [0.3, 0.4) is 0 Å². The molecule has 5 heteroatoms. The molecule has 5 nitrogen and oxygen atoms in total. The van der Waals surface area contributed by atoms with Crippen molar-refractivity contribution in [2.45, 2.75) is 39.2 Å². The van der Waals surface area contributed by atoms with Gasteiger partial charge in [0.15, 0.2) is 0 Å². The molecule has 0 saturated heterocycles. The largest absolute Gasteiger partial charge is 0.345 e. The maximum absolute atomic E-state index is 12.2. The summed E-state index contributed by atoms with van der Waals surface area (Å²) in [6.45, 7) is 4.80. The molecule has 1 saturated carbocycles. The van der Waals surface area contributed by atoms with Crippen molar-refractivity contribution < 1.29 is 9.59 Å². The normalized spacial score (nSPS) is 23.6. The van der Waals surface area contributed by atoms with Gasteiger partial charge in [-0.15, -0.1) is 0 Å². The second-order valence-electron chi connectivity index (χ2n) is 7.12. The molecule has 0 bridgehead atoms. The van der Waals surface area contributed by atoms with Gasteiger partial charge in [-0.1, -0.05) is 26.3 Å². The van der Waals surface area contributed by atoms with E-state index in [1.807, 2.05) is 0 Å². The Kier molecular flexibility index (Phi) is 6.37. The summed E-state index contributed by atoms with van der Waals surface area (Å²) in [6, 6.07) is 7.45. The van der Waals surface area contributed by atoms with E-state index in [1.54, 1.807) is 38.4 Å². The topological polar surface area (TPSA) is 61.4 Å². The Morgan fingerprint density at radius 2 is 1.83 bits per heavy atom. The number of hydrogen-bond acceptors (Lipinski definition) is 3. The minimum atomic E-state index is -0.0749. The van der Waals surface area contributed by atoms with Crippen molar-refractivity contribution in [1.82, 2.24) is 10.2 Å². The Labute approximate surface area is 144 Å². The highest BCUT2D eigenvalue weighted by Gasteiger charge is 2.27. The lowest BCUT2D eigenvalue weighted by Crippen LogP contribution is -2.45. The molecular weight excluding hydrogens is 302 g/mol. The first-order chi connectivity index (χ1) is 11.4. The van der Waals surface area contributed by atoms with Gasteiger partial charge in [0, 0.05) is 31.4 Å². The van der Waals surface area contributed by atoms with Crippen molar-refractivity contribution in [2.75, 3.05) is 26.0 Å².